The molecule has 2 aliphatic rings. The summed E-state index contributed by atoms with van der Waals surface area (Å²) in [6.45, 7) is 8.24. The minimum atomic E-state index is -0.616. The van der Waals surface area contributed by atoms with E-state index in [4.69, 9.17) is 10.2 Å². The van der Waals surface area contributed by atoms with E-state index in [1.165, 1.54) is 12.8 Å². The van der Waals surface area contributed by atoms with Crippen molar-refractivity contribution in [2.75, 3.05) is 0 Å². The van der Waals surface area contributed by atoms with Crippen molar-refractivity contribution in [3.63, 3.8) is 0 Å². The Labute approximate surface area is 153 Å². The van der Waals surface area contributed by atoms with E-state index in [0.717, 1.165) is 38.5 Å². The summed E-state index contributed by atoms with van der Waals surface area (Å²) in [7, 11) is 0. The topological polar surface area (TPSA) is 74.6 Å². The molecule has 0 aromatic heterocycles. The van der Waals surface area contributed by atoms with Gasteiger partial charge in [0.1, 0.15) is 0 Å². The third-order valence-corrected chi connectivity index (χ3v) is 5.61. The monoisotopic (exact) mass is 376 g/mol. The van der Waals surface area contributed by atoms with Gasteiger partial charge in [0, 0.05) is 19.5 Å². The molecule has 2 aliphatic carbocycles. The molecular formula is C18H32O4Zn. The fourth-order valence-electron chi connectivity index (χ4n) is 3.90. The SMILES string of the molecule is CC1(C)CCCCC1C(=O)O.CC1(C)CCCCC1C(=O)O.[Zn]. The summed E-state index contributed by atoms with van der Waals surface area (Å²) >= 11 is 0. The number of rotatable bonds is 2. The average molecular weight is 378 g/mol. The minimum absolute atomic E-state index is 0. The molecule has 2 unspecified atom stereocenters. The Balaban J connectivity index is 0.000000403. The molecule has 0 aromatic rings. The van der Waals surface area contributed by atoms with Crippen LogP contribution in [0.1, 0.15) is 79.1 Å². The molecule has 0 aromatic carbocycles. The van der Waals surface area contributed by atoms with E-state index < -0.39 is 11.9 Å². The Morgan fingerprint density at radius 3 is 1.22 bits per heavy atom. The van der Waals surface area contributed by atoms with Crippen molar-refractivity contribution < 1.29 is 39.3 Å². The van der Waals surface area contributed by atoms with Crippen LogP contribution in [-0.4, -0.2) is 22.2 Å². The second-order valence-electron chi connectivity index (χ2n) is 8.25. The van der Waals surface area contributed by atoms with E-state index in [-0.39, 0.29) is 42.1 Å². The van der Waals surface area contributed by atoms with Crippen LogP contribution in [0, 0.1) is 22.7 Å². The molecule has 23 heavy (non-hydrogen) atoms. The molecule has 0 amide bonds. The molecule has 0 spiro atoms. The third-order valence-electron chi connectivity index (χ3n) is 5.61. The maximum Gasteiger partial charge on any atom is 0.307 e. The van der Waals surface area contributed by atoms with Crippen molar-refractivity contribution in [2.45, 2.75) is 79.1 Å². The van der Waals surface area contributed by atoms with Gasteiger partial charge >= 0.3 is 11.9 Å². The van der Waals surface area contributed by atoms with Gasteiger partial charge in [0.2, 0.25) is 0 Å². The number of hydrogen-bond donors (Lipinski definition) is 2. The number of carboxylic acids is 2. The molecule has 0 saturated heterocycles. The van der Waals surface area contributed by atoms with Crippen LogP contribution >= 0.6 is 0 Å². The number of hydrogen-bond acceptors (Lipinski definition) is 2. The zero-order valence-electron chi connectivity index (χ0n) is 15.2. The number of carboxylic acid groups (broad SMARTS) is 2. The minimum Gasteiger partial charge on any atom is -0.481 e. The predicted octanol–water partition coefficient (Wildman–Crippen LogP) is 4.57. The van der Waals surface area contributed by atoms with Crippen LogP contribution in [0.3, 0.4) is 0 Å². The van der Waals surface area contributed by atoms with Crippen LogP contribution in [0.25, 0.3) is 0 Å². The van der Waals surface area contributed by atoms with E-state index in [2.05, 4.69) is 27.7 Å². The zero-order valence-corrected chi connectivity index (χ0v) is 18.2. The van der Waals surface area contributed by atoms with Crippen molar-refractivity contribution in [1.29, 1.82) is 0 Å². The maximum atomic E-state index is 10.8. The largest absolute Gasteiger partial charge is 0.481 e. The average Bonchev–Trinajstić information content (AvgIpc) is 2.37. The molecule has 0 aliphatic heterocycles. The molecule has 0 bridgehead atoms. The van der Waals surface area contributed by atoms with Gasteiger partial charge in [-0.25, -0.2) is 0 Å². The van der Waals surface area contributed by atoms with Gasteiger partial charge in [0.25, 0.3) is 0 Å². The fraction of sp³-hybridized carbons (Fsp3) is 0.889. The third kappa shape index (κ3) is 6.53. The van der Waals surface area contributed by atoms with Crippen molar-refractivity contribution >= 4 is 11.9 Å². The Bertz CT molecular complexity index is 366. The van der Waals surface area contributed by atoms with Gasteiger partial charge in [-0.3, -0.25) is 9.59 Å². The van der Waals surface area contributed by atoms with Crippen LogP contribution < -0.4 is 0 Å². The van der Waals surface area contributed by atoms with Gasteiger partial charge in [-0.2, -0.15) is 0 Å². The summed E-state index contributed by atoms with van der Waals surface area (Å²) in [6, 6.07) is 0. The first-order chi connectivity index (χ1) is 10.1. The van der Waals surface area contributed by atoms with E-state index in [1.807, 2.05) is 0 Å². The maximum absolute atomic E-state index is 10.8. The summed E-state index contributed by atoms with van der Waals surface area (Å²) < 4.78 is 0. The van der Waals surface area contributed by atoms with E-state index in [1.54, 1.807) is 0 Å². The zero-order chi connectivity index (χ0) is 17.0. The molecule has 2 fully saturated rings. The van der Waals surface area contributed by atoms with E-state index >= 15 is 0 Å². The van der Waals surface area contributed by atoms with Crippen LogP contribution in [0.5, 0.6) is 0 Å². The van der Waals surface area contributed by atoms with Gasteiger partial charge in [-0.15, -0.1) is 0 Å². The van der Waals surface area contributed by atoms with Crippen LogP contribution in [0.15, 0.2) is 0 Å². The predicted molar refractivity (Wildman–Crippen MR) is 86.7 cm³/mol. The van der Waals surface area contributed by atoms with Crippen LogP contribution in [-0.2, 0) is 29.1 Å². The summed E-state index contributed by atoms with van der Waals surface area (Å²) in [5, 5.41) is 17.7. The molecule has 2 atom stereocenters. The normalized spacial score (nSPS) is 28.5. The summed E-state index contributed by atoms with van der Waals surface area (Å²) in [5.41, 5.74) is 0.0359. The second kappa shape index (κ2) is 9.15. The second-order valence-corrected chi connectivity index (χ2v) is 8.25. The Kier molecular flexibility index (Phi) is 8.98. The Morgan fingerprint density at radius 1 is 0.739 bits per heavy atom. The van der Waals surface area contributed by atoms with Crippen molar-refractivity contribution in [1.82, 2.24) is 0 Å². The Morgan fingerprint density at radius 2 is 1.04 bits per heavy atom. The molecular weight excluding hydrogens is 346 g/mol. The summed E-state index contributed by atoms with van der Waals surface area (Å²) in [6.07, 6.45) is 8.40. The van der Waals surface area contributed by atoms with Crippen LogP contribution in [0.4, 0.5) is 0 Å². The van der Waals surface area contributed by atoms with Crippen molar-refractivity contribution in [3.8, 4) is 0 Å². The number of aliphatic carboxylic acids is 2. The molecule has 2 N–H and O–H groups in total. The van der Waals surface area contributed by atoms with E-state index in [0.29, 0.717) is 0 Å². The van der Waals surface area contributed by atoms with E-state index in [9.17, 15) is 9.59 Å². The van der Waals surface area contributed by atoms with Gasteiger partial charge in [-0.05, 0) is 36.5 Å². The summed E-state index contributed by atoms with van der Waals surface area (Å²) in [4.78, 5) is 21.5. The summed E-state index contributed by atoms with van der Waals surface area (Å²) in [5.74, 6) is -1.46. The van der Waals surface area contributed by atoms with Crippen LogP contribution in [0.2, 0.25) is 0 Å². The quantitative estimate of drug-likeness (QED) is 0.691. The van der Waals surface area contributed by atoms with Crippen molar-refractivity contribution in [3.05, 3.63) is 0 Å². The molecule has 2 rings (SSSR count). The first-order valence-corrected chi connectivity index (χ1v) is 8.53. The fourth-order valence-corrected chi connectivity index (χ4v) is 3.90. The number of carbonyl (C=O) groups is 2. The first kappa shape index (κ1) is 22.6. The van der Waals surface area contributed by atoms with Gasteiger partial charge in [-0.1, -0.05) is 53.4 Å². The Hall–Kier alpha value is -0.437. The first-order valence-electron chi connectivity index (χ1n) is 8.53. The molecule has 4 nitrogen and oxygen atoms in total. The van der Waals surface area contributed by atoms with Gasteiger partial charge < -0.3 is 10.2 Å². The van der Waals surface area contributed by atoms with Gasteiger partial charge in [0.05, 0.1) is 11.8 Å². The standard InChI is InChI=1S/2C9H16O2.Zn/c2*1-9(2)6-4-3-5-7(9)8(10)11;/h2*7H,3-6H2,1-2H3,(H,10,11);. The molecule has 2 saturated carbocycles. The van der Waals surface area contributed by atoms with Crippen molar-refractivity contribution in [2.24, 2.45) is 22.7 Å². The molecule has 0 radical (unpaired) electrons. The van der Waals surface area contributed by atoms with Gasteiger partial charge in [0.15, 0.2) is 0 Å². The molecule has 130 valence electrons. The molecule has 5 heteroatoms. The smallest absolute Gasteiger partial charge is 0.307 e. The molecule has 0 heterocycles.